The minimum Gasteiger partial charge on any atom is -0.412 e. The van der Waals surface area contributed by atoms with E-state index in [4.69, 9.17) is 5.73 Å². The molecule has 1 heterocycles. The quantitative estimate of drug-likeness (QED) is 0.785. The molecule has 2 aromatic carbocycles. The highest BCUT2D eigenvalue weighted by atomic mass is 16.0. The molecule has 0 amide bonds. The second-order valence-corrected chi connectivity index (χ2v) is 4.65. The van der Waals surface area contributed by atoms with Crippen LogP contribution in [0, 0.1) is 11.3 Å². The molecule has 1 aromatic heterocycles. The van der Waals surface area contributed by atoms with E-state index < -0.39 is 0 Å². The van der Waals surface area contributed by atoms with Crippen LogP contribution in [0.5, 0.6) is 0 Å². The minimum absolute atomic E-state index is 0. The number of hydrogen-bond acceptors (Lipinski definition) is 3. The standard InChI is InChI=1S/C18H13N3.H2O/c19-11-15-17(14-9-5-2-6-10-14)16(12-21-18(15)20)13-7-3-1-4-8-13;/h1-10,12H,(H2,20,21);1H2. The SMILES string of the molecule is N#Cc1c(N)ncc(-c2ccccc2)c1-c1ccccc1.O. The highest BCUT2D eigenvalue weighted by Crippen LogP contribution is 2.35. The average Bonchev–Trinajstić information content (AvgIpc) is 2.56. The second-order valence-electron chi connectivity index (χ2n) is 4.65. The fraction of sp³-hybridized carbons (Fsp3) is 0. The predicted molar refractivity (Wildman–Crippen MR) is 87.9 cm³/mol. The van der Waals surface area contributed by atoms with Crippen LogP contribution in [0.15, 0.2) is 66.9 Å². The van der Waals surface area contributed by atoms with E-state index in [0.717, 1.165) is 22.3 Å². The second kappa shape index (κ2) is 6.53. The number of rotatable bonds is 2. The molecule has 0 saturated carbocycles. The van der Waals surface area contributed by atoms with Gasteiger partial charge in [0.15, 0.2) is 0 Å². The first-order valence-corrected chi connectivity index (χ1v) is 6.60. The van der Waals surface area contributed by atoms with Crippen LogP contribution >= 0.6 is 0 Å². The topological polar surface area (TPSA) is 94.2 Å². The minimum atomic E-state index is 0. The third-order valence-corrected chi connectivity index (χ3v) is 3.37. The molecule has 3 rings (SSSR count). The average molecular weight is 289 g/mol. The van der Waals surface area contributed by atoms with Crippen molar-refractivity contribution in [2.45, 2.75) is 0 Å². The lowest BCUT2D eigenvalue weighted by Gasteiger charge is -2.13. The molecule has 108 valence electrons. The molecule has 0 radical (unpaired) electrons. The zero-order valence-electron chi connectivity index (χ0n) is 11.8. The molecular weight excluding hydrogens is 274 g/mol. The zero-order chi connectivity index (χ0) is 14.7. The van der Waals surface area contributed by atoms with Crippen LogP contribution in [0.1, 0.15) is 5.56 Å². The van der Waals surface area contributed by atoms with Crippen LogP contribution in [-0.4, -0.2) is 10.5 Å². The van der Waals surface area contributed by atoms with Gasteiger partial charge in [-0.15, -0.1) is 0 Å². The summed E-state index contributed by atoms with van der Waals surface area (Å²) in [5, 5.41) is 9.46. The van der Waals surface area contributed by atoms with Crippen LogP contribution in [-0.2, 0) is 0 Å². The van der Waals surface area contributed by atoms with Gasteiger partial charge in [0.05, 0.1) is 0 Å². The Morgan fingerprint density at radius 1 is 0.864 bits per heavy atom. The molecule has 4 nitrogen and oxygen atoms in total. The van der Waals surface area contributed by atoms with Crippen molar-refractivity contribution in [2.75, 3.05) is 5.73 Å². The van der Waals surface area contributed by atoms with Gasteiger partial charge in [0.1, 0.15) is 17.5 Å². The first-order valence-electron chi connectivity index (χ1n) is 6.60. The molecule has 0 atom stereocenters. The number of hydrogen-bond donors (Lipinski definition) is 1. The Balaban J connectivity index is 0.00000176. The predicted octanol–water partition coefficient (Wildman–Crippen LogP) is 3.04. The lowest BCUT2D eigenvalue weighted by molar-refractivity contribution is 0.824. The highest BCUT2D eigenvalue weighted by molar-refractivity contribution is 5.89. The fourth-order valence-corrected chi connectivity index (χ4v) is 2.38. The number of benzene rings is 2. The van der Waals surface area contributed by atoms with E-state index in [9.17, 15) is 5.26 Å². The van der Waals surface area contributed by atoms with Crippen molar-refractivity contribution in [1.82, 2.24) is 4.98 Å². The van der Waals surface area contributed by atoms with Gasteiger partial charge in [-0.2, -0.15) is 5.26 Å². The summed E-state index contributed by atoms with van der Waals surface area (Å²) in [6.45, 7) is 0. The lowest BCUT2D eigenvalue weighted by Crippen LogP contribution is -1.99. The molecule has 0 aliphatic rings. The Labute approximate surface area is 128 Å². The number of nitrogen functional groups attached to an aromatic ring is 1. The molecule has 0 aliphatic heterocycles. The van der Waals surface area contributed by atoms with Crippen LogP contribution in [0.4, 0.5) is 5.82 Å². The Morgan fingerprint density at radius 2 is 1.41 bits per heavy atom. The maximum atomic E-state index is 9.46. The van der Waals surface area contributed by atoms with Gasteiger partial charge in [-0.05, 0) is 11.1 Å². The summed E-state index contributed by atoms with van der Waals surface area (Å²) in [6.07, 6.45) is 1.73. The summed E-state index contributed by atoms with van der Waals surface area (Å²) in [4.78, 5) is 4.17. The van der Waals surface area contributed by atoms with E-state index in [1.807, 2.05) is 60.7 Å². The van der Waals surface area contributed by atoms with Gasteiger partial charge in [0.25, 0.3) is 0 Å². The van der Waals surface area contributed by atoms with E-state index in [1.54, 1.807) is 6.20 Å². The molecule has 22 heavy (non-hydrogen) atoms. The third-order valence-electron chi connectivity index (χ3n) is 3.37. The maximum Gasteiger partial charge on any atom is 0.141 e. The molecule has 0 fully saturated rings. The van der Waals surface area contributed by atoms with Crippen LogP contribution in [0.3, 0.4) is 0 Å². The number of aromatic nitrogens is 1. The molecule has 0 bridgehead atoms. The van der Waals surface area contributed by atoms with Gasteiger partial charge in [0, 0.05) is 17.3 Å². The van der Waals surface area contributed by atoms with Crippen molar-refractivity contribution in [3.63, 3.8) is 0 Å². The van der Waals surface area contributed by atoms with Crippen molar-refractivity contribution in [3.8, 4) is 28.3 Å². The maximum absolute atomic E-state index is 9.46. The third kappa shape index (κ3) is 2.66. The molecule has 0 spiro atoms. The monoisotopic (exact) mass is 289 g/mol. The van der Waals surface area contributed by atoms with Gasteiger partial charge >= 0.3 is 0 Å². The molecule has 4 heteroatoms. The van der Waals surface area contributed by atoms with Crippen molar-refractivity contribution in [1.29, 1.82) is 5.26 Å². The lowest BCUT2D eigenvalue weighted by atomic mass is 9.92. The summed E-state index contributed by atoms with van der Waals surface area (Å²) in [5.41, 5.74) is 10.0. The van der Waals surface area contributed by atoms with Gasteiger partial charge in [-0.3, -0.25) is 0 Å². The normalized spacial score (nSPS) is 9.59. The summed E-state index contributed by atoms with van der Waals surface area (Å²) in [6, 6.07) is 21.9. The Morgan fingerprint density at radius 3 is 1.95 bits per heavy atom. The first kappa shape index (κ1) is 15.2. The molecule has 0 saturated heterocycles. The van der Waals surface area contributed by atoms with E-state index in [2.05, 4.69) is 11.1 Å². The smallest absolute Gasteiger partial charge is 0.141 e. The number of anilines is 1. The first-order chi connectivity index (χ1) is 10.3. The van der Waals surface area contributed by atoms with Crippen molar-refractivity contribution in [2.24, 2.45) is 0 Å². The largest absolute Gasteiger partial charge is 0.412 e. The van der Waals surface area contributed by atoms with E-state index >= 15 is 0 Å². The van der Waals surface area contributed by atoms with E-state index in [-0.39, 0.29) is 11.3 Å². The van der Waals surface area contributed by atoms with Crippen molar-refractivity contribution in [3.05, 3.63) is 72.4 Å². The molecular formula is C18H15N3O. The van der Waals surface area contributed by atoms with Gasteiger partial charge in [-0.25, -0.2) is 4.98 Å². The number of pyridine rings is 1. The van der Waals surface area contributed by atoms with Gasteiger partial charge in [-0.1, -0.05) is 60.7 Å². The Bertz CT molecular complexity index is 809. The van der Waals surface area contributed by atoms with Crippen LogP contribution < -0.4 is 5.73 Å². The number of nitrogens with zero attached hydrogens (tertiary/aromatic N) is 2. The van der Waals surface area contributed by atoms with Crippen molar-refractivity contribution < 1.29 is 5.48 Å². The summed E-state index contributed by atoms with van der Waals surface area (Å²) >= 11 is 0. The Kier molecular flexibility index (Phi) is 4.52. The summed E-state index contributed by atoms with van der Waals surface area (Å²) in [5.74, 6) is 0.260. The molecule has 3 aromatic rings. The van der Waals surface area contributed by atoms with Crippen LogP contribution in [0.25, 0.3) is 22.3 Å². The Hall–Kier alpha value is -3.16. The summed E-state index contributed by atoms with van der Waals surface area (Å²) in [7, 11) is 0. The summed E-state index contributed by atoms with van der Waals surface area (Å²) < 4.78 is 0. The molecule has 0 unspecified atom stereocenters. The van der Waals surface area contributed by atoms with Crippen LogP contribution in [0.2, 0.25) is 0 Å². The van der Waals surface area contributed by atoms with E-state index in [0.29, 0.717) is 5.56 Å². The van der Waals surface area contributed by atoms with Crippen molar-refractivity contribution >= 4 is 5.82 Å². The molecule has 0 aliphatic carbocycles. The van der Waals surface area contributed by atoms with Gasteiger partial charge < -0.3 is 11.2 Å². The van der Waals surface area contributed by atoms with E-state index in [1.165, 1.54) is 0 Å². The molecule has 4 N–H and O–H groups in total. The highest BCUT2D eigenvalue weighted by Gasteiger charge is 2.15. The number of nitriles is 1. The van der Waals surface area contributed by atoms with Gasteiger partial charge in [0.2, 0.25) is 0 Å². The zero-order valence-corrected chi connectivity index (χ0v) is 11.8. The number of nitrogens with two attached hydrogens (primary N) is 1. The fourth-order valence-electron chi connectivity index (χ4n) is 2.38.